The fourth-order valence-corrected chi connectivity index (χ4v) is 2.95. The molecule has 4 aromatic rings. The Morgan fingerprint density at radius 3 is 2.23 bits per heavy atom. The Bertz CT molecular complexity index is 1180. The summed E-state index contributed by atoms with van der Waals surface area (Å²) in [6, 6.07) is 12.9. The number of benzene rings is 1. The third-order valence-corrected chi connectivity index (χ3v) is 4.25. The van der Waals surface area contributed by atoms with Gasteiger partial charge in [-0.1, -0.05) is 12.1 Å². The van der Waals surface area contributed by atoms with E-state index in [1.807, 2.05) is 18.2 Å². The standard InChI is InChI=1S/C22H16F3N5O/c1-14-28-20(11-21(29-14)30-18-6-8-26-9-7-18)17-10-16(12-27-13-17)15-2-4-19(5-3-15)31-22(23,24)25/h2-13H,1H3,(H,26,28,29,30). The molecule has 0 aliphatic rings. The van der Waals surface area contributed by atoms with Gasteiger partial charge in [-0.25, -0.2) is 9.97 Å². The number of halogens is 3. The Hall–Kier alpha value is -4.01. The molecule has 1 aromatic carbocycles. The van der Waals surface area contributed by atoms with Gasteiger partial charge in [0.2, 0.25) is 0 Å². The number of aryl methyl sites for hydroxylation is 1. The van der Waals surface area contributed by atoms with Crippen molar-refractivity contribution in [2.45, 2.75) is 13.3 Å². The third-order valence-electron chi connectivity index (χ3n) is 4.25. The second-order valence-electron chi connectivity index (χ2n) is 6.58. The highest BCUT2D eigenvalue weighted by molar-refractivity contribution is 5.72. The highest BCUT2D eigenvalue weighted by atomic mass is 19.4. The van der Waals surface area contributed by atoms with E-state index in [0.29, 0.717) is 22.9 Å². The first kappa shape index (κ1) is 20.3. The second-order valence-corrected chi connectivity index (χ2v) is 6.58. The molecule has 0 spiro atoms. The SMILES string of the molecule is Cc1nc(Nc2ccncc2)cc(-c2cncc(-c3ccc(OC(F)(F)F)cc3)c2)n1. The molecular weight excluding hydrogens is 407 g/mol. The lowest BCUT2D eigenvalue weighted by atomic mass is 10.0. The molecule has 4 rings (SSSR count). The zero-order chi connectivity index (χ0) is 21.8. The number of ether oxygens (including phenoxy) is 1. The van der Waals surface area contributed by atoms with Crippen LogP contribution in [0, 0.1) is 6.92 Å². The number of pyridine rings is 2. The van der Waals surface area contributed by atoms with E-state index in [1.165, 1.54) is 12.1 Å². The Labute approximate surface area is 175 Å². The topological polar surface area (TPSA) is 72.8 Å². The van der Waals surface area contributed by atoms with E-state index in [4.69, 9.17) is 0 Å². The van der Waals surface area contributed by atoms with Gasteiger partial charge in [0.05, 0.1) is 5.69 Å². The monoisotopic (exact) mass is 423 g/mol. The Morgan fingerprint density at radius 2 is 1.52 bits per heavy atom. The van der Waals surface area contributed by atoms with Crippen molar-refractivity contribution in [2.75, 3.05) is 5.32 Å². The van der Waals surface area contributed by atoms with Crippen molar-refractivity contribution in [2.24, 2.45) is 0 Å². The van der Waals surface area contributed by atoms with Crippen LogP contribution >= 0.6 is 0 Å². The van der Waals surface area contributed by atoms with Crippen molar-refractivity contribution in [3.63, 3.8) is 0 Å². The lowest BCUT2D eigenvalue weighted by molar-refractivity contribution is -0.274. The van der Waals surface area contributed by atoms with Crippen LogP contribution in [0.15, 0.2) is 73.3 Å². The maximum absolute atomic E-state index is 12.4. The molecule has 0 aliphatic heterocycles. The van der Waals surface area contributed by atoms with Gasteiger partial charge in [0.25, 0.3) is 0 Å². The normalized spacial score (nSPS) is 11.2. The Kier molecular flexibility index (Phi) is 5.48. The van der Waals surface area contributed by atoms with Crippen LogP contribution in [0.25, 0.3) is 22.4 Å². The van der Waals surface area contributed by atoms with Crippen molar-refractivity contribution in [1.29, 1.82) is 0 Å². The second kappa shape index (κ2) is 8.39. The number of nitrogens with one attached hydrogen (secondary N) is 1. The first-order valence-corrected chi connectivity index (χ1v) is 9.20. The van der Waals surface area contributed by atoms with Gasteiger partial charge in [0.15, 0.2) is 0 Å². The van der Waals surface area contributed by atoms with Crippen molar-refractivity contribution in [3.8, 4) is 28.1 Å². The van der Waals surface area contributed by atoms with Gasteiger partial charge in [-0.2, -0.15) is 0 Å². The number of alkyl halides is 3. The van der Waals surface area contributed by atoms with Gasteiger partial charge in [-0.15, -0.1) is 13.2 Å². The molecule has 0 fully saturated rings. The third kappa shape index (κ3) is 5.33. The van der Waals surface area contributed by atoms with E-state index in [2.05, 4.69) is 30.0 Å². The summed E-state index contributed by atoms with van der Waals surface area (Å²) in [5, 5.41) is 3.21. The Balaban J connectivity index is 1.61. The summed E-state index contributed by atoms with van der Waals surface area (Å²) < 4.78 is 41.0. The first-order valence-electron chi connectivity index (χ1n) is 9.20. The van der Waals surface area contributed by atoms with Crippen LogP contribution < -0.4 is 10.1 Å². The zero-order valence-corrected chi connectivity index (χ0v) is 16.3. The molecule has 0 radical (unpaired) electrons. The molecule has 0 amide bonds. The molecule has 0 atom stereocenters. The minimum atomic E-state index is -4.73. The number of aromatic nitrogens is 4. The molecule has 31 heavy (non-hydrogen) atoms. The highest BCUT2D eigenvalue weighted by Crippen LogP contribution is 2.29. The molecule has 3 aromatic heterocycles. The van der Waals surface area contributed by atoms with Crippen LogP contribution in [0.1, 0.15) is 5.82 Å². The van der Waals surface area contributed by atoms with Crippen LogP contribution in [0.2, 0.25) is 0 Å². The maximum atomic E-state index is 12.4. The van der Waals surface area contributed by atoms with Crippen LogP contribution in [0.4, 0.5) is 24.7 Å². The molecular formula is C22H16F3N5O. The minimum absolute atomic E-state index is 0.279. The van der Waals surface area contributed by atoms with Gasteiger partial charge in [-0.3, -0.25) is 9.97 Å². The van der Waals surface area contributed by atoms with Gasteiger partial charge >= 0.3 is 6.36 Å². The van der Waals surface area contributed by atoms with Crippen molar-refractivity contribution < 1.29 is 17.9 Å². The first-order chi connectivity index (χ1) is 14.9. The minimum Gasteiger partial charge on any atom is -0.406 e. The van der Waals surface area contributed by atoms with E-state index in [9.17, 15) is 13.2 Å². The van der Waals surface area contributed by atoms with Crippen molar-refractivity contribution in [1.82, 2.24) is 19.9 Å². The summed E-state index contributed by atoms with van der Waals surface area (Å²) in [5.74, 6) is 0.916. The predicted molar refractivity (Wildman–Crippen MR) is 110 cm³/mol. The van der Waals surface area contributed by atoms with Gasteiger partial charge < -0.3 is 10.1 Å². The molecule has 3 heterocycles. The Morgan fingerprint density at radius 1 is 0.806 bits per heavy atom. The van der Waals surface area contributed by atoms with Crippen molar-refractivity contribution in [3.05, 3.63) is 79.1 Å². The number of anilines is 2. The molecule has 9 heteroatoms. The molecule has 0 bridgehead atoms. The highest BCUT2D eigenvalue weighted by Gasteiger charge is 2.30. The average Bonchev–Trinajstić information content (AvgIpc) is 2.74. The van der Waals surface area contributed by atoms with E-state index >= 15 is 0 Å². The molecule has 0 aliphatic carbocycles. The molecule has 6 nitrogen and oxygen atoms in total. The summed E-state index contributed by atoms with van der Waals surface area (Å²) in [6.07, 6.45) is 1.93. The van der Waals surface area contributed by atoms with E-state index in [-0.39, 0.29) is 5.75 Å². The molecule has 0 saturated heterocycles. The van der Waals surface area contributed by atoms with Gasteiger partial charge in [-0.05, 0) is 42.8 Å². The largest absolute Gasteiger partial charge is 0.573 e. The summed E-state index contributed by atoms with van der Waals surface area (Å²) >= 11 is 0. The van der Waals surface area contributed by atoms with Crippen LogP contribution in [-0.4, -0.2) is 26.3 Å². The van der Waals surface area contributed by atoms with Gasteiger partial charge in [0, 0.05) is 47.7 Å². The van der Waals surface area contributed by atoms with Crippen molar-refractivity contribution >= 4 is 11.5 Å². The number of rotatable bonds is 5. The molecule has 156 valence electrons. The van der Waals surface area contributed by atoms with E-state index < -0.39 is 6.36 Å². The number of hydrogen-bond donors (Lipinski definition) is 1. The van der Waals surface area contributed by atoms with Gasteiger partial charge in [0.1, 0.15) is 17.4 Å². The lowest BCUT2D eigenvalue weighted by Crippen LogP contribution is -2.16. The number of nitrogens with zero attached hydrogens (tertiary/aromatic N) is 4. The van der Waals surface area contributed by atoms with Crippen LogP contribution in [-0.2, 0) is 0 Å². The van der Waals surface area contributed by atoms with E-state index in [1.54, 1.807) is 49.9 Å². The summed E-state index contributed by atoms with van der Waals surface area (Å²) in [6.45, 7) is 1.79. The fourth-order valence-electron chi connectivity index (χ4n) is 2.95. The summed E-state index contributed by atoms with van der Waals surface area (Å²) in [4.78, 5) is 17.1. The molecule has 0 saturated carbocycles. The quantitative estimate of drug-likeness (QED) is 0.454. The van der Waals surface area contributed by atoms with E-state index in [0.717, 1.165) is 16.8 Å². The zero-order valence-electron chi connectivity index (χ0n) is 16.3. The van der Waals surface area contributed by atoms with Crippen LogP contribution in [0.5, 0.6) is 5.75 Å². The summed E-state index contributed by atoms with van der Waals surface area (Å²) in [5.41, 5.74) is 3.68. The predicted octanol–water partition coefficient (Wildman–Crippen LogP) is 5.55. The fraction of sp³-hybridized carbons (Fsp3) is 0.0909. The molecule has 0 unspecified atom stereocenters. The smallest absolute Gasteiger partial charge is 0.406 e. The lowest BCUT2D eigenvalue weighted by Gasteiger charge is -2.11. The molecule has 1 N–H and O–H groups in total. The summed E-state index contributed by atoms with van der Waals surface area (Å²) in [7, 11) is 0. The van der Waals surface area contributed by atoms with Crippen LogP contribution in [0.3, 0.4) is 0 Å². The average molecular weight is 423 g/mol. The number of hydrogen-bond acceptors (Lipinski definition) is 6. The maximum Gasteiger partial charge on any atom is 0.573 e.